The van der Waals surface area contributed by atoms with Gasteiger partial charge < -0.3 is 4.90 Å². The Balaban J connectivity index is 1.95. The zero-order valence-electron chi connectivity index (χ0n) is 14.2. The molecule has 0 radical (unpaired) electrons. The molecule has 4 rings (SSSR count). The first-order valence-corrected chi connectivity index (χ1v) is 9.71. The number of benzene rings is 2. The molecule has 1 N–H and O–H groups in total. The highest BCUT2D eigenvalue weighted by Crippen LogP contribution is 2.31. The van der Waals surface area contributed by atoms with Crippen molar-refractivity contribution >= 4 is 43.9 Å². The number of nitrogens with one attached hydrogen (secondary N) is 1. The molecule has 0 aliphatic carbocycles. The van der Waals surface area contributed by atoms with Crippen LogP contribution >= 0.6 is 0 Å². The van der Waals surface area contributed by atoms with Gasteiger partial charge in [-0.3, -0.25) is 9.12 Å². The van der Waals surface area contributed by atoms with Crippen molar-refractivity contribution in [2.45, 2.75) is 0 Å². The summed E-state index contributed by atoms with van der Waals surface area (Å²) in [7, 11) is -1.45. The standard InChI is InChI=1S/C17H16N6O2S/c1-22(13-6-4-3-5-7-13)16-14-9-8-12(21-26(2,24)25)10-15(14)23-11-18-20-17(23)19-16/h3-11,21H,1-2H3. The predicted octanol–water partition coefficient (Wildman–Crippen LogP) is 2.42. The topological polar surface area (TPSA) is 92.5 Å². The smallest absolute Gasteiger partial charge is 0.257 e. The van der Waals surface area contributed by atoms with Gasteiger partial charge in [0.2, 0.25) is 10.0 Å². The van der Waals surface area contributed by atoms with Gasteiger partial charge in [0, 0.05) is 18.1 Å². The molecule has 0 saturated carbocycles. The van der Waals surface area contributed by atoms with E-state index in [0.717, 1.165) is 22.8 Å². The van der Waals surface area contributed by atoms with Gasteiger partial charge in [0.25, 0.3) is 5.78 Å². The predicted molar refractivity (Wildman–Crippen MR) is 101 cm³/mol. The van der Waals surface area contributed by atoms with Crippen molar-refractivity contribution in [1.29, 1.82) is 0 Å². The molecule has 0 unspecified atom stereocenters. The van der Waals surface area contributed by atoms with Crippen LogP contribution in [-0.2, 0) is 10.0 Å². The molecule has 8 nitrogen and oxygen atoms in total. The SMILES string of the molecule is CN(c1ccccc1)c1nc2nncn2c2cc(NS(C)(=O)=O)ccc12. The minimum atomic E-state index is -3.37. The summed E-state index contributed by atoms with van der Waals surface area (Å²) in [5.41, 5.74) is 2.20. The number of sulfonamides is 1. The van der Waals surface area contributed by atoms with E-state index < -0.39 is 10.0 Å². The van der Waals surface area contributed by atoms with Crippen molar-refractivity contribution < 1.29 is 8.42 Å². The lowest BCUT2D eigenvalue weighted by atomic mass is 10.2. The van der Waals surface area contributed by atoms with Crippen molar-refractivity contribution in [1.82, 2.24) is 19.6 Å². The van der Waals surface area contributed by atoms with Crippen molar-refractivity contribution in [2.75, 3.05) is 22.9 Å². The molecule has 0 bridgehead atoms. The van der Waals surface area contributed by atoms with Crippen LogP contribution in [0.15, 0.2) is 54.9 Å². The molecule has 0 fully saturated rings. The Bertz CT molecular complexity index is 1200. The summed E-state index contributed by atoms with van der Waals surface area (Å²) in [5.74, 6) is 1.14. The number of nitrogens with zero attached hydrogens (tertiary/aromatic N) is 5. The summed E-state index contributed by atoms with van der Waals surface area (Å²) in [5, 5.41) is 8.82. The normalized spacial score (nSPS) is 11.8. The summed E-state index contributed by atoms with van der Waals surface area (Å²) in [4.78, 5) is 6.58. The summed E-state index contributed by atoms with van der Waals surface area (Å²) >= 11 is 0. The number of para-hydroxylation sites is 1. The van der Waals surface area contributed by atoms with Crippen LogP contribution in [0.1, 0.15) is 0 Å². The second-order valence-corrected chi connectivity index (χ2v) is 7.69. The lowest BCUT2D eigenvalue weighted by Gasteiger charge is -2.20. The van der Waals surface area contributed by atoms with Crippen molar-refractivity contribution in [2.24, 2.45) is 0 Å². The monoisotopic (exact) mass is 368 g/mol. The van der Waals surface area contributed by atoms with Gasteiger partial charge in [-0.2, -0.15) is 4.98 Å². The second kappa shape index (κ2) is 5.95. The van der Waals surface area contributed by atoms with E-state index in [-0.39, 0.29) is 0 Å². The Hall–Kier alpha value is -3.20. The highest BCUT2D eigenvalue weighted by molar-refractivity contribution is 7.92. The van der Waals surface area contributed by atoms with Gasteiger partial charge in [-0.25, -0.2) is 8.42 Å². The molecule has 2 aromatic carbocycles. The van der Waals surface area contributed by atoms with Crippen LogP contribution in [-0.4, -0.2) is 41.3 Å². The molecule has 0 spiro atoms. The average Bonchev–Trinajstić information content (AvgIpc) is 3.08. The lowest BCUT2D eigenvalue weighted by Crippen LogP contribution is -2.13. The van der Waals surface area contributed by atoms with Gasteiger partial charge in [0.1, 0.15) is 12.1 Å². The molecular weight excluding hydrogens is 352 g/mol. The van der Waals surface area contributed by atoms with Crippen molar-refractivity contribution in [3.63, 3.8) is 0 Å². The van der Waals surface area contributed by atoms with E-state index in [2.05, 4.69) is 19.9 Å². The molecule has 132 valence electrons. The Kier molecular flexibility index (Phi) is 3.73. The second-order valence-electron chi connectivity index (χ2n) is 5.94. The van der Waals surface area contributed by atoms with Crippen LogP contribution in [0, 0.1) is 0 Å². The fraction of sp³-hybridized carbons (Fsp3) is 0.118. The molecule has 2 aromatic heterocycles. The van der Waals surface area contributed by atoms with Gasteiger partial charge >= 0.3 is 0 Å². The number of hydrogen-bond acceptors (Lipinski definition) is 6. The van der Waals surface area contributed by atoms with Crippen LogP contribution in [0.5, 0.6) is 0 Å². The van der Waals surface area contributed by atoms with Crippen molar-refractivity contribution in [3.8, 4) is 0 Å². The molecular formula is C17H16N6O2S. The average molecular weight is 368 g/mol. The van der Waals surface area contributed by atoms with Crippen molar-refractivity contribution in [3.05, 3.63) is 54.9 Å². The number of fused-ring (bicyclic) bond motifs is 3. The number of rotatable bonds is 4. The van der Waals surface area contributed by atoms with Gasteiger partial charge in [0.15, 0.2) is 0 Å². The van der Waals surface area contributed by atoms with Crippen LogP contribution in [0.4, 0.5) is 17.2 Å². The summed E-state index contributed by atoms with van der Waals surface area (Å²) in [6, 6.07) is 15.1. The van der Waals surface area contributed by atoms with Gasteiger partial charge in [-0.05, 0) is 30.3 Å². The highest BCUT2D eigenvalue weighted by Gasteiger charge is 2.15. The highest BCUT2D eigenvalue weighted by atomic mass is 32.2. The fourth-order valence-corrected chi connectivity index (χ4v) is 3.41. The molecule has 0 atom stereocenters. The Labute approximate surface area is 150 Å². The van der Waals surface area contributed by atoms with E-state index in [1.54, 1.807) is 22.9 Å². The third kappa shape index (κ3) is 2.93. The van der Waals surface area contributed by atoms with Gasteiger partial charge in [0.05, 0.1) is 17.5 Å². The Morgan fingerprint density at radius 1 is 1.12 bits per heavy atom. The first kappa shape index (κ1) is 16.3. The summed E-state index contributed by atoms with van der Waals surface area (Å²) < 4.78 is 27.3. The van der Waals surface area contributed by atoms with E-state index in [9.17, 15) is 8.42 Å². The maximum absolute atomic E-state index is 11.5. The number of anilines is 3. The molecule has 0 saturated heterocycles. The lowest BCUT2D eigenvalue weighted by molar-refractivity contribution is 0.607. The quantitative estimate of drug-likeness (QED) is 0.595. The Morgan fingerprint density at radius 2 is 1.88 bits per heavy atom. The third-order valence-electron chi connectivity index (χ3n) is 4.00. The van der Waals surface area contributed by atoms with E-state index in [1.165, 1.54) is 0 Å². The van der Waals surface area contributed by atoms with Crippen LogP contribution < -0.4 is 9.62 Å². The first-order valence-electron chi connectivity index (χ1n) is 7.82. The molecule has 2 heterocycles. The maximum Gasteiger partial charge on any atom is 0.257 e. The van der Waals surface area contributed by atoms with Gasteiger partial charge in [-0.1, -0.05) is 18.2 Å². The van der Waals surface area contributed by atoms with E-state index in [1.807, 2.05) is 48.3 Å². The molecule has 0 aliphatic heterocycles. The molecule has 9 heteroatoms. The number of hydrogen-bond donors (Lipinski definition) is 1. The van der Waals surface area contributed by atoms with Crippen LogP contribution in [0.2, 0.25) is 0 Å². The zero-order chi connectivity index (χ0) is 18.3. The van der Waals surface area contributed by atoms with Crippen LogP contribution in [0.3, 0.4) is 0 Å². The summed E-state index contributed by atoms with van der Waals surface area (Å²) in [6.45, 7) is 0. The zero-order valence-corrected chi connectivity index (χ0v) is 15.0. The Morgan fingerprint density at radius 3 is 2.62 bits per heavy atom. The minimum absolute atomic E-state index is 0.437. The molecule has 4 aromatic rings. The van der Waals surface area contributed by atoms with Gasteiger partial charge in [-0.15, -0.1) is 10.2 Å². The number of aromatic nitrogens is 4. The minimum Gasteiger partial charge on any atom is -0.329 e. The maximum atomic E-state index is 11.5. The van der Waals surface area contributed by atoms with Crippen LogP contribution in [0.25, 0.3) is 16.7 Å². The summed E-state index contributed by atoms with van der Waals surface area (Å²) in [6.07, 6.45) is 2.67. The van der Waals surface area contributed by atoms with E-state index in [0.29, 0.717) is 17.3 Å². The van der Waals surface area contributed by atoms with E-state index >= 15 is 0 Å². The molecule has 0 amide bonds. The molecule has 0 aliphatic rings. The third-order valence-corrected chi connectivity index (χ3v) is 4.60. The van der Waals surface area contributed by atoms with E-state index in [4.69, 9.17) is 0 Å². The first-order chi connectivity index (χ1) is 12.4. The fourth-order valence-electron chi connectivity index (χ4n) is 2.86. The largest absolute Gasteiger partial charge is 0.329 e. The molecule has 26 heavy (non-hydrogen) atoms.